The van der Waals surface area contributed by atoms with Crippen LogP contribution < -0.4 is 0 Å². The Morgan fingerprint density at radius 3 is 1.15 bits per heavy atom. The van der Waals surface area contributed by atoms with Crippen molar-refractivity contribution in [1.29, 1.82) is 0 Å². The second-order valence-electron chi connectivity index (χ2n) is 16.0. The van der Waals surface area contributed by atoms with Crippen molar-refractivity contribution in [2.24, 2.45) is 0 Å². The molecule has 0 spiro atoms. The van der Waals surface area contributed by atoms with E-state index in [2.05, 4.69) is 212 Å². The van der Waals surface area contributed by atoms with Gasteiger partial charge in [-0.25, -0.2) is 0 Å². The van der Waals surface area contributed by atoms with E-state index in [1.807, 2.05) is 0 Å². The number of rotatable bonds is 10. The van der Waals surface area contributed by atoms with E-state index >= 15 is 0 Å². The van der Waals surface area contributed by atoms with Crippen molar-refractivity contribution < 1.29 is 20.8 Å². The molecule has 0 atom stereocenters. The standard InChI is InChI=1S/2C27H27.C2H6Si.2ClH.Zr/c2*1-4-10-20-17-22-15-16-24(21-11-6-5-7-12-21)27(26(22)18-20)25-14-9-8-13-23(25)19(2)3;1-3-2;;;/h2*5-9,11-19H,4,10H2,1-3H3;1-2H3;2*1H;/q2*-1;;;;+4/p-2. The molecular weight excluding hydrogens is 863 g/mol. The summed E-state index contributed by atoms with van der Waals surface area (Å²) in [5.41, 5.74) is 16.4. The van der Waals surface area contributed by atoms with E-state index in [0.717, 1.165) is 22.4 Å². The number of benzene rings is 6. The third kappa shape index (κ3) is 11.8. The van der Waals surface area contributed by atoms with Crippen molar-refractivity contribution in [3.8, 4) is 44.5 Å². The molecule has 4 heteroatoms. The summed E-state index contributed by atoms with van der Waals surface area (Å²) in [6.45, 7) is 18.0. The van der Waals surface area contributed by atoms with Crippen LogP contribution in [-0.2, 0) is 33.7 Å². The van der Waals surface area contributed by atoms with Gasteiger partial charge in [0, 0.05) is 9.52 Å². The van der Waals surface area contributed by atoms with Crippen molar-refractivity contribution in [3.05, 3.63) is 180 Å². The van der Waals surface area contributed by atoms with Crippen LogP contribution in [-0.4, -0.2) is 9.52 Å². The van der Waals surface area contributed by atoms with Crippen LogP contribution in [0, 0.1) is 0 Å². The normalized spacial score (nSPS) is 10.7. The van der Waals surface area contributed by atoms with Crippen LogP contribution in [0.3, 0.4) is 0 Å². The number of hydrogen-bond acceptors (Lipinski definition) is 0. The first-order chi connectivity index (χ1) is 29.2. The Morgan fingerprint density at radius 1 is 0.483 bits per heavy atom. The van der Waals surface area contributed by atoms with E-state index in [4.69, 9.17) is 17.0 Å². The summed E-state index contributed by atoms with van der Waals surface area (Å²) in [5.74, 6) is 0.982. The van der Waals surface area contributed by atoms with E-state index in [1.165, 1.54) is 101 Å². The summed E-state index contributed by atoms with van der Waals surface area (Å²) in [7, 11) is 11.0. The van der Waals surface area contributed by atoms with Crippen LogP contribution in [0.15, 0.2) is 158 Å². The van der Waals surface area contributed by atoms with Crippen molar-refractivity contribution >= 4 is 48.1 Å². The van der Waals surface area contributed by atoms with Crippen LogP contribution in [0.4, 0.5) is 0 Å². The molecule has 0 aliphatic heterocycles. The first kappa shape index (κ1) is 47.3. The maximum absolute atomic E-state index is 4.93. The van der Waals surface area contributed by atoms with E-state index < -0.39 is 20.8 Å². The third-order valence-electron chi connectivity index (χ3n) is 10.9. The van der Waals surface area contributed by atoms with Gasteiger partial charge in [0.05, 0.1) is 0 Å². The average molecular weight is 923 g/mol. The van der Waals surface area contributed by atoms with E-state index in [-0.39, 0.29) is 0 Å². The number of halogens is 2. The monoisotopic (exact) mass is 920 g/mol. The van der Waals surface area contributed by atoms with Gasteiger partial charge in [-0.2, -0.15) is 12.1 Å². The molecule has 306 valence electrons. The molecule has 0 unspecified atom stereocenters. The van der Waals surface area contributed by atoms with Gasteiger partial charge in [0.25, 0.3) is 0 Å². The molecule has 8 rings (SSSR count). The number of aryl methyl sites for hydroxylation is 2. The maximum atomic E-state index is 4.93. The van der Waals surface area contributed by atoms with Gasteiger partial charge in [0.15, 0.2) is 0 Å². The first-order valence-electron chi connectivity index (χ1n) is 21.5. The van der Waals surface area contributed by atoms with Gasteiger partial charge in [-0.15, -0.1) is 56.9 Å². The van der Waals surface area contributed by atoms with Crippen LogP contribution in [0.5, 0.6) is 0 Å². The SMILES string of the molecule is CCCc1cc2c(-c3ccccc3C(C)C)c(-c3ccccc3)ccc2[cH-]1.CCCc1cc2c(-c3ccccc3C(C)C)c(-c3ccccc3)ccc2[cH-]1.C[Si]C.[Cl][Zr+2][Cl]. The van der Waals surface area contributed by atoms with E-state index in [9.17, 15) is 0 Å². The zero-order chi connectivity index (χ0) is 43.0. The van der Waals surface area contributed by atoms with Gasteiger partial charge in [-0.1, -0.05) is 200 Å². The van der Waals surface area contributed by atoms with Gasteiger partial charge >= 0.3 is 37.9 Å². The molecule has 0 bridgehead atoms. The predicted molar refractivity (Wildman–Crippen MR) is 266 cm³/mol. The van der Waals surface area contributed by atoms with E-state index in [0.29, 0.717) is 11.8 Å². The van der Waals surface area contributed by atoms with Gasteiger partial charge in [0.1, 0.15) is 0 Å². The van der Waals surface area contributed by atoms with Crippen molar-refractivity contribution in [3.63, 3.8) is 0 Å². The van der Waals surface area contributed by atoms with Crippen molar-refractivity contribution in [2.45, 2.75) is 92.2 Å². The fourth-order valence-electron chi connectivity index (χ4n) is 8.31. The average Bonchev–Trinajstić information content (AvgIpc) is 3.88. The van der Waals surface area contributed by atoms with Gasteiger partial charge < -0.3 is 0 Å². The van der Waals surface area contributed by atoms with Gasteiger partial charge in [-0.3, -0.25) is 0 Å². The van der Waals surface area contributed by atoms with Gasteiger partial charge in [-0.05, 0) is 69.2 Å². The van der Waals surface area contributed by atoms with Crippen LogP contribution in [0.1, 0.15) is 88.5 Å². The summed E-state index contributed by atoms with van der Waals surface area (Å²) in [5, 5.41) is 5.47. The zero-order valence-corrected chi connectivity index (χ0v) is 41.7. The molecule has 60 heavy (non-hydrogen) atoms. The molecule has 0 aliphatic carbocycles. The second kappa shape index (κ2) is 24.0. The third-order valence-corrected chi connectivity index (χ3v) is 10.9. The summed E-state index contributed by atoms with van der Waals surface area (Å²) in [6.07, 6.45) is 4.64. The minimum atomic E-state index is -0.826. The minimum absolute atomic E-state index is 0.491. The fraction of sp³-hybridized carbons (Fsp3) is 0.250. The molecule has 0 saturated carbocycles. The zero-order valence-electron chi connectivity index (χ0n) is 36.8. The predicted octanol–water partition coefficient (Wildman–Crippen LogP) is 18.1. The molecule has 0 heterocycles. The molecule has 0 saturated heterocycles. The first-order valence-corrected chi connectivity index (χ1v) is 29.8. The Bertz CT molecular complexity index is 2330. The summed E-state index contributed by atoms with van der Waals surface area (Å²) >= 11 is -0.826. The van der Waals surface area contributed by atoms with Crippen LogP contribution >= 0.6 is 17.0 Å². The molecule has 0 nitrogen and oxygen atoms in total. The van der Waals surface area contributed by atoms with E-state index in [1.54, 1.807) is 0 Å². The van der Waals surface area contributed by atoms with Gasteiger partial charge in [0.2, 0.25) is 0 Å². The molecular formula is C56H60Cl2SiZr. The van der Waals surface area contributed by atoms with Crippen molar-refractivity contribution in [2.75, 3.05) is 0 Å². The summed E-state index contributed by atoms with van der Waals surface area (Å²) < 4.78 is 0. The number of hydrogen-bond donors (Lipinski definition) is 0. The number of fused-ring (bicyclic) bond motifs is 2. The van der Waals surface area contributed by atoms with Crippen molar-refractivity contribution in [1.82, 2.24) is 0 Å². The Balaban J connectivity index is 0.000000201. The second-order valence-corrected chi connectivity index (χ2v) is 20.7. The molecule has 8 aromatic rings. The van der Waals surface area contributed by atoms with Crippen LogP contribution in [0.2, 0.25) is 13.1 Å². The molecule has 0 N–H and O–H groups in total. The Kier molecular flexibility index (Phi) is 18.9. The molecule has 0 fully saturated rings. The molecule has 0 aliphatic rings. The Labute approximate surface area is 382 Å². The fourth-order valence-corrected chi connectivity index (χ4v) is 8.31. The van der Waals surface area contributed by atoms with Crippen LogP contribution in [0.25, 0.3) is 66.1 Å². The molecule has 0 amide bonds. The quantitative estimate of drug-likeness (QED) is 0.0947. The molecule has 2 radical (unpaired) electrons. The molecule has 8 aromatic carbocycles. The summed E-state index contributed by atoms with van der Waals surface area (Å²) in [4.78, 5) is 0. The summed E-state index contributed by atoms with van der Waals surface area (Å²) in [6, 6.07) is 58.2. The molecule has 0 aromatic heterocycles. The topological polar surface area (TPSA) is 0 Å². The Hall–Kier alpha value is -3.78. The Morgan fingerprint density at radius 2 is 0.817 bits per heavy atom.